The molecule has 0 bridgehead atoms. The number of esters is 1. The van der Waals surface area contributed by atoms with Crippen molar-refractivity contribution in [2.24, 2.45) is 5.92 Å². The molecule has 23 heavy (non-hydrogen) atoms. The minimum atomic E-state index is -0.371. The van der Waals surface area contributed by atoms with E-state index in [2.05, 4.69) is 28.2 Å². The number of rotatable bonds is 6. The third-order valence-corrected chi connectivity index (χ3v) is 5.51. The van der Waals surface area contributed by atoms with Crippen molar-refractivity contribution in [1.29, 1.82) is 0 Å². The van der Waals surface area contributed by atoms with E-state index >= 15 is 0 Å². The summed E-state index contributed by atoms with van der Waals surface area (Å²) < 4.78 is 6.04. The van der Waals surface area contributed by atoms with Crippen LogP contribution in [0.15, 0.2) is 33.6 Å². The van der Waals surface area contributed by atoms with Crippen molar-refractivity contribution in [1.82, 2.24) is 5.32 Å². The third kappa shape index (κ3) is 6.55. The van der Waals surface area contributed by atoms with E-state index in [0.29, 0.717) is 5.92 Å². The summed E-state index contributed by atoms with van der Waals surface area (Å²) >= 11 is 4.76. The van der Waals surface area contributed by atoms with Gasteiger partial charge in [-0.15, -0.1) is 11.8 Å². The van der Waals surface area contributed by atoms with Gasteiger partial charge in [0.2, 0.25) is 0 Å². The molecule has 1 aromatic carbocycles. The molecule has 4 nitrogen and oxygen atoms in total. The van der Waals surface area contributed by atoms with Crippen LogP contribution in [0.1, 0.15) is 32.6 Å². The molecule has 1 N–H and O–H groups in total. The first-order valence-electron chi connectivity index (χ1n) is 7.88. The smallest absolute Gasteiger partial charge is 0.316 e. The molecule has 0 unspecified atom stereocenters. The molecule has 1 aromatic rings. The predicted molar refractivity (Wildman–Crippen MR) is 95.4 cm³/mol. The molecule has 0 radical (unpaired) electrons. The number of halogens is 1. The number of thioether (sulfide) groups is 1. The Balaban J connectivity index is 1.65. The summed E-state index contributed by atoms with van der Waals surface area (Å²) in [5.41, 5.74) is 0. The molecule has 1 saturated carbocycles. The van der Waals surface area contributed by atoms with Crippen molar-refractivity contribution in [3.63, 3.8) is 0 Å². The van der Waals surface area contributed by atoms with Gasteiger partial charge in [0.1, 0.15) is 0 Å². The maximum absolute atomic E-state index is 11.9. The highest BCUT2D eigenvalue weighted by Crippen LogP contribution is 2.23. The third-order valence-electron chi connectivity index (χ3n) is 3.99. The minimum Gasteiger partial charge on any atom is -0.455 e. The van der Waals surface area contributed by atoms with E-state index in [1.165, 1.54) is 18.2 Å². The fourth-order valence-corrected chi connectivity index (χ4v) is 3.60. The van der Waals surface area contributed by atoms with Crippen molar-refractivity contribution in [2.45, 2.75) is 43.5 Å². The second-order valence-electron chi connectivity index (χ2n) is 5.84. The van der Waals surface area contributed by atoms with Gasteiger partial charge in [-0.3, -0.25) is 9.59 Å². The van der Waals surface area contributed by atoms with Crippen LogP contribution in [0.25, 0.3) is 0 Å². The summed E-state index contributed by atoms with van der Waals surface area (Å²) in [5.74, 6) is 0.126. The molecule has 1 aliphatic rings. The van der Waals surface area contributed by atoms with Crippen LogP contribution in [-0.2, 0) is 14.3 Å². The Morgan fingerprint density at radius 2 is 1.96 bits per heavy atom. The van der Waals surface area contributed by atoms with Gasteiger partial charge in [0.25, 0.3) is 5.91 Å². The van der Waals surface area contributed by atoms with Gasteiger partial charge in [0, 0.05) is 15.4 Å². The molecule has 1 aliphatic carbocycles. The van der Waals surface area contributed by atoms with Gasteiger partial charge >= 0.3 is 5.97 Å². The van der Waals surface area contributed by atoms with Crippen molar-refractivity contribution in [2.75, 3.05) is 12.4 Å². The van der Waals surface area contributed by atoms with E-state index in [9.17, 15) is 9.59 Å². The number of hydrogen-bond acceptors (Lipinski definition) is 4. The fourth-order valence-electron chi connectivity index (χ4n) is 2.64. The Morgan fingerprint density at radius 3 is 2.65 bits per heavy atom. The number of hydrogen-bond donors (Lipinski definition) is 1. The fraction of sp³-hybridized carbons (Fsp3) is 0.529. The van der Waals surface area contributed by atoms with E-state index < -0.39 is 0 Å². The van der Waals surface area contributed by atoms with Gasteiger partial charge in [0.15, 0.2) is 6.61 Å². The second kappa shape index (κ2) is 9.33. The lowest BCUT2D eigenvalue weighted by Crippen LogP contribution is -2.43. The molecule has 2 atom stereocenters. The maximum Gasteiger partial charge on any atom is 0.316 e. The number of ether oxygens (including phenoxy) is 1. The molecular formula is C17H22BrNO3S. The number of amides is 1. The van der Waals surface area contributed by atoms with Gasteiger partial charge < -0.3 is 10.1 Å². The summed E-state index contributed by atoms with van der Waals surface area (Å²) in [6.07, 6.45) is 4.55. The molecule has 1 amide bonds. The van der Waals surface area contributed by atoms with Crippen molar-refractivity contribution >= 4 is 39.6 Å². The molecule has 126 valence electrons. The zero-order chi connectivity index (χ0) is 16.7. The molecule has 2 rings (SSSR count). The molecular weight excluding hydrogens is 378 g/mol. The van der Waals surface area contributed by atoms with E-state index in [-0.39, 0.29) is 30.3 Å². The van der Waals surface area contributed by atoms with Crippen LogP contribution < -0.4 is 5.32 Å². The van der Waals surface area contributed by atoms with Crippen LogP contribution in [0.4, 0.5) is 0 Å². The van der Waals surface area contributed by atoms with Crippen molar-refractivity contribution < 1.29 is 14.3 Å². The highest BCUT2D eigenvalue weighted by atomic mass is 79.9. The van der Waals surface area contributed by atoms with Gasteiger partial charge in [-0.1, -0.05) is 35.7 Å². The maximum atomic E-state index is 11.9. The molecule has 0 saturated heterocycles. The second-order valence-corrected chi connectivity index (χ2v) is 7.80. The van der Waals surface area contributed by atoms with E-state index in [1.54, 1.807) is 0 Å². The standard InChI is InChI=1S/C17H22BrNO3S/c1-12-4-2-3-5-15(12)19-16(20)10-22-17(21)11-23-14-8-6-13(18)7-9-14/h6-9,12,15H,2-5,10-11H2,1H3,(H,19,20)/t12-,15+/m0/s1. The van der Waals surface area contributed by atoms with Crippen LogP contribution >= 0.6 is 27.7 Å². The van der Waals surface area contributed by atoms with Crippen molar-refractivity contribution in [3.05, 3.63) is 28.7 Å². The van der Waals surface area contributed by atoms with E-state index in [0.717, 1.165) is 28.6 Å². The molecule has 0 aliphatic heterocycles. The van der Waals surface area contributed by atoms with Crippen LogP contribution in [0, 0.1) is 5.92 Å². The van der Waals surface area contributed by atoms with Gasteiger partial charge in [0.05, 0.1) is 5.75 Å². The van der Waals surface area contributed by atoms with Crippen molar-refractivity contribution in [3.8, 4) is 0 Å². The number of carbonyl (C=O) groups excluding carboxylic acids is 2. The summed E-state index contributed by atoms with van der Waals surface area (Å²) in [6.45, 7) is 1.97. The summed E-state index contributed by atoms with van der Waals surface area (Å²) in [5, 5.41) is 2.98. The van der Waals surface area contributed by atoms with Crippen LogP contribution in [0.3, 0.4) is 0 Å². The highest BCUT2D eigenvalue weighted by molar-refractivity contribution is 9.10. The van der Waals surface area contributed by atoms with E-state index in [1.807, 2.05) is 24.3 Å². The van der Waals surface area contributed by atoms with Crippen LogP contribution in [-0.4, -0.2) is 30.3 Å². The molecule has 0 aromatic heterocycles. The summed E-state index contributed by atoms with van der Waals surface area (Å²) in [4.78, 5) is 24.6. The number of nitrogens with one attached hydrogen (secondary N) is 1. The summed E-state index contributed by atoms with van der Waals surface area (Å²) in [6, 6.07) is 7.92. The lowest BCUT2D eigenvalue weighted by atomic mass is 9.86. The Bertz CT molecular complexity index is 535. The summed E-state index contributed by atoms with van der Waals surface area (Å²) in [7, 11) is 0. The first-order valence-corrected chi connectivity index (χ1v) is 9.66. The predicted octanol–water partition coefficient (Wildman–Crippen LogP) is 3.78. The quantitative estimate of drug-likeness (QED) is 0.583. The van der Waals surface area contributed by atoms with Gasteiger partial charge in [-0.25, -0.2) is 0 Å². The average Bonchev–Trinajstić information content (AvgIpc) is 2.54. The Kier molecular flexibility index (Phi) is 7.43. The van der Waals surface area contributed by atoms with Gasteiger partial charge in [-0.05, 0) is 43.0 Å². The minimum absolute atomic E-state index is 0.192. The number of benzene rings is 1. The van der Waals surface area contributed by atoms with Gasteiger partial charge in [-0.2, -0.15) is 0 Å². The van der Waals surface area contributed by atoms with Crippen LogP contribution in [0.2, 0.25) is 0 Å². The Hall–Kier alpha value is -1.01. The topological polar surface area (TPSA) is 55.4 Å². The lowest BCUT2D eigenvalue weighted by Gasteiger charge is -2.29. The lowest BCUT2D eigenvalue weighted by molar-refractivity contribution is -0.146. The molecule has 1 fully saturated rings. The molecule has 0 heterocycles. The normalized spacial score (nSPS) is 20.8. The molecule has 0 spiro atoms. The monoisotopic (exact) mass is 399 g/mol. The number of carbonyl (C=O) groups is 2. The Labute approximate surface area is 149 Å². The largest absolute Gasteiger partial charge is 0.455 e. The zero-order valence-electron chi connectivity index (χ0n) is 13.2. The average molecular weight is 400 g/mol. The SMILES string of the molecule is C[C@H]1CCCC[C@H]1NC(=O)COC(=O)CSc1ccc(Br)cc1. The zero-order valence-corrected chi connectivity index (χ0v) is 15.6. The first-order chi connectivity index (χ1) is 11.0. The molecule has 6 heteroatoms. The van der Waals surface area contributed by atoms with E-state index in [4.69, 9.17) is 4.74 Å². The first kappa shape index (κ1) is 18.3. The van der Waals surface area contributed by atoms with Crippen LogP contribution in [0.5, 0.6) is 0 Å². The Morgan fingerprint density at radius 1 is 1.26 bits per heavy atom. The highest BCUT2D eigenvalue weighted by Gasteiger charge is 2.23.